The van der Waals surface area contributed by atoms with E-state index in [2.05, 4.69) is 38.2 Å². The first-order valence-corrected chi connectivity index (χ1v) is 11.0. The van der Waals surface area contributed by atoms with Crippen molar-refractivity contribution in [2.24, 2.45) is 0 Å². The molecule has 0 radical (unpaired) electrons. The Morgan fingerprint density at radius 2 is 1.65 bits per heavy atom. The van der Waals surface area contributed by atoms with Gasteiger partial charge in [0.2, 0.25) is 0 Å². The van der Waals surface area contributed by atoms with Crippen LogP contribution in [0.1, 0.15) is 38.8 Å². The summed E-state index contributed by atoms with van der Waals surface area (Å²) in [5.74, 6) is 1.57. The van der Waals surface area contributed by atoms with Crippen molar-refractivity contribution in [3.05, 3.63) is 58.5 Å². The average molecular weight is 442 g/mol. The van der Waals surface area contributed by atoms with Gasteiger partial charge in [0, 0.05) is 0 Å². The molecule has 7 heteroatoms. The van der Waals surface area contributed by atoms with Crippen LogP contribution in [0.2, 0.25) is 0 Å². The molecule has 2 amide bonds. The molecule has 1 N–H and O–H groups in total. The second-order valence-electron chi connectivity index (χ2n) is 7.96. The highest BCUT2D eigenvalue weighted by atomic mass is 32.2. The van der Waals surface area contributed by atoms with Crippen LogP contribution in [-0.4, -0.2) is 31.0 Å². The molecule has 0 spiro atoms. The van der Waals surface area contributed by atoms with Gasteiger partial charge in [-0.25, -0.2) is 0 Å². The number of ether oxygens (including phenoxy) is 3. The summed E-state index contributed by atoms with van der Waals surface area (Å²) in [5, 5.41) is 1.88. The molecule has 1 heterocycles. The molecule has 31 heavy (non-hydrogen) atoms. The molecule has 1 aliphatic heterocycles. The quantitative estimate of drug-likeness (QED) is 0.450. The third-order valence-electron chi connectivity index (χ3n) is 4.54. The van der Waals surface area contributed by atoms with Crippen LogP contribution in [0.25, 0.3) is 6.08 Å². The van der Waals surface area contributed by atoms with Gasteiger partial charge in [0.25, 0.3) is 11.1 Å². The number of carbonyl (C=O) groups excluding carboxylic acids is 2. The summed E-state index contributed by atoms with van der Waals surface area (Å²) in [6.07, 6.45) is 1.65. The second-order valence-corrected chi connectivity index (χ2v) is 8.98. The number of hydrogen-bond acceptors (Lipinski definition) is 6. The molecule has 0 saturated carbocycles. The Morgan fingerprint density at radius 3 is 2.26 bits per heavy atom. The Kier molecular flexibility index (Phi) is 7.28. The van der Waals surface area contributed by atoms with Gasteiger partial charge in [0.15, 0.2) is 11.5 Å². The molecule has 2 aromatic rings. The molecule has 2 aromatic carbocycles. The van der Waals surface area contributed by atoms with Crippen LogP contribution in [0.5, 0.6) is 17.2 Å². The lowest BCUT2D eigenvalue weighted by molar-refractivity contribution is -0.115. The van der Waals surface area contributed by atoms with Crippen molar-refractivity contribution in [1.82, 2.24) is 5.32 Å². The third-order valence-corrected chi connectivity index (χ3v) is 5.35. The standard InChI is InChI=1S/C24H27NO5S/c1-5-28-20-14-16(15-21-22(26)25-23(27)31-21)6-11-19(20)30-13-12-29-18-9-7-17(8-10-18)24(2,3)4/h6-11,14-15H,5,12-13H2,1-4H3,(H,25,26,27)/b21-15-. The van der Waals surface area contributed by atoms with Crippen LogP contribution < -0.4 is 19.5 Å². The molecule has 3 rings (SSSR count). The summed E-state index contributed by atoms with van der Waals surface area (Å²) in [6, 6.07) is 13.5. The molecule has 0 atom stereocenters. The van der Waals surface area contributed by atoms with E-state index in [1.165, 1.54) is 5.56 Å². The van der Waals surface area contributed by atoms with Crippen LogP contribution in [0, 0.1) is 0 Å². The summed E-state index contributed by atoms with van der Waals surface area (Å²) in [4.78, 5) is 23.4. The molecule has 1 fully saturated rings. The molecule has 0 unspecified atom stereocenters. The van der Waals surface area contributed by atoms with Crippen LogP contribution in [-0.2, 0) is 10.2 Å². The van der Waals surface area contributed by atoms with Crippen molar-refractivity contribution in [3.63, 3.8) is 0 Å². The first kappa shape index (κ1) is 22.7. The van der Waals surface area contributed by atoms with Crippen molar-refractivity contribution in [1.29, 1.82) is 0 Å². The molecular formula is C24H27NO5S. The lowest BCUT2D eigenvalue weighted by Gasteiger charge is -2.19. The molecule has 6 nitrogen and oxygen atoms in total. The van der Waals surface area contributed by atoms with Gasteiger partial charge in [-0.05, 0) is 65.6 Å². The van der Waals surface area contributed by atoms with E-state index in [9.17, 15) is 9.59 Å². The summed E-state index contributed by atoms with van der Waals surface area (Å²) in [7, 11) is 0. The minimum Gasteiger partial charge on any atom is -0.490 e. The van der Waals surface area contributed by atoms with E-state index < -0.39 is 0 Å². The zero-order valence-corrected chi connectivity index (χ0v) is 19.0. The van der Waals surface area contributed by atoms with E-state index >= 15 is 0 Å². The van der Waals surface area contributed by atoms with E-state index in [1.54, 1.807) is 18.2 Å². The summed E-state index contributed by atoms with van der Waals surface area (Å²) >= 11 is 0.882. The van der Waals surface area contributed by atoms with Crippen molar-refractivity contribution in [2.75, 3.05) is 19.8 Å². The van der Waals surface area contributed by atoms with Crippen molar-refractivity contribution in [3.8, 4) is 17.2 Å². The Balaban J connectivity index is 1.59. The van der Waals surface area contributed by atoms with Crippen LogP contribution in [0.3, 0.4) is 0 Å². The number of rotatable bonds is 8. The Morgan fingerprint density at radius 1 is 0.935 bits per heavy atom. The van der Waals surface area contributed by atoms with Gasteiger partial charge in [0.05, 0.1) is 11.5 Å². The highest BCUT2D eigenvalue weighted by molar-refractivity contribution is 8.18. The maximum absolute atomic E-state index is 11.7. The molecule has 1 saturated heterocycles. The second kappa shape index (κ2) is 9.92. The van der Waals surface area contributed by atoms with Crippen molar-refractivity contribution in [2.45, 2.75) is 33.1 Å². The fraction of sp³-hybridized carbons (Fsp3) is 0.333. The maximum Gasteiger partial charge on any atom is 0.290 e. The monoisotopic (exact) mass is 441 g/mol. The van der Waals surface area contributed by atoms with Gasteiger partial charge >= 0.3 is 0 Å². The van der Waals surface area contributed by atoms with Gasteiger partial charge in [0.1, 0.15) is 19.0 Å². The van der Waals surface area contributed by atoms with E-state index in [4.69, 9.17) is 14.2 Å². The van der Waals surface area contributed by atoms with Gasteiger partial charge < -0.3 is 14.2 Å². The zero-order chi connectivity index (χ0) is 22.4. The number of thioether (sulfide) groups is 1. The molecular weight excluding hydrogens is 414 g/mol. The minimum atomic E-state index is -0.388. The summed E-state index contributed by atoms with van der Waals surface area (Å²) < 4.78 is 17.3. The number of benzene rings is 2. The highest BCUT2D eigenvalue weighted by Gasteiger charge is 2.25. The fourth-order valence-electron chi connectivity index (χ4n) is 2.94. The largest absolute Gasteiger partial charge is 0.490 e. The fourth-order valence-corrected chi connectivity index (χ4v) is 3.62. The van der Waals surface area contributed by atoms with Crippen molar-refractivity contribution >= 4 is 29.0 Å². The van der Waals surface area contributed by atoms with Crippen molar-refractivity contribution < 1.29 is 23.8 Å². The van der Waals surface area contributed by atoms with Gasteiger partial charge in [-0.2, -0.15) is 0 Å². The van der Waals surface area contributed by atoms with E-state index in [0.717, 1.165) is 23.1 Å². The normalized spacial score (nSPS) is 15.2. The highest BCUT2D eigenvalue weighted by Crippen LogP contribution is 2.32. The Bertz CT molecular complexity index is 976. The predicted octanol–water partition coefficient (Wildman–Crippen LogP) is 5.16. The average Bonchev–Trinajstić information content (AvgIpc) is 3.03. The van der Waals surface area contributed by atoms with Crippen LogP contribution >= 0.6 is 11.8 Å². The number of nitrogens with one attached hydrogen (secondary N) is 1. The van der Waals surface area contributed by atoms with E-state index in [1.807, 2.05) is 25.1 Å². The summed E-state index contributed by atoms with van der Waals surface area (Å²) in [5.41, 5.74) is 2.11. The summed E-state index contributed by atoms with van der Waals surface area (Å²) in [6.45, 7) is 9.64. The number of amides is 2. The van der Waals surface area contributed by atoms with E-state index in [-0.39, 0.29) is 16.6 Å². The zero-order valence-electron chi connectivity index (χ0n) is 18.2. The lowest BCUT2D eigenvalue weighted by Crippen LogP contribution is -2.17. The Labute approximate surface area is 187 Å². The predicted molar refractivity (Wildman–Crippen MR) is 123 cm³/mol. The minimum absolute atomic E-state index is 0.106. The van der Waals surface area contributed by atoms with Gasteiger partial charge in [-0.3, -0.25) is 14.9 Å². The van der Waals surface area contributed by atoms with Gasteiger partial charge in [-0.15, -0.1) is 0 Å². The first-order chi connectivity index (χ1) is 14.8. The lowest BCUT2D eigenvalue weighted by atomic mass is 9.87. The number of carbonyl (C=O) groups is 2. The van der Waals surface area contributed by atoms with Crippen LogP contribution in [0.4, 0.5) is 4.79 Å². The SMILES string of the molecule is CCOc1cc(/C=C2\SC(=O)NC2=O)ccc1OCCOc1ccc(C(C)(C)C)cc1. The molecule has 164 valence electrons. The first-order valence-electron chi connectivity index (χ1n) is 10.1. The molecule has 0 aliphatic carbocycles. The third kappa shape index (κ3) is 6.28. The molecule has 1 aliphatic rings. The van der Waals surface area contributed by atoms with E-state index in [0.29, 0.717) is 36.2 Å². The maximum atomic E-state index is 11.7. The number of hydrogen-bond donors (Lipinski definition) is 1. The van der Waals surface area contributed by atoms with Gasteiger partial charge in [-0.1, -0.05) is 39.0 Å². The Hall–Kier alpha value is -2.93. The molecule has 0 bridgehead atoms. The van der Waals surface area contributed by atoms with Crippen LogP contribution in [0.15, 0.2) is 47.4 Å². The number of imide groups is 1. The topological polar surface area (TPSA) is 73.9 Å². The molecule has 0 aromatic heterocycles. The smallest absolute Gasteiger partial charge is 0.290 e.